The summed E-state index contributed by atoms with van der Waals surface area (Å²) in [5, 5.41) is 9.42. The summed E-state index contributed by atoms with van der Waals surface area (Å²) in [4.78, 5) is 0. The molecule has 0 fully saturated rings. The summed E-state index contributed by atoms with van der Waals surface area (Å²) in [5.74, 6) is 0. The number of aliphatic hydroxyl groups is 1. The van der Waals surface area contributed by atoms with E-state index in [1.165, 1.54) is 13.0 Å². The monoisotopic (exact) mass is 314 g/mol. The van der Waals surface area contributed by atoms with E-state index in [0.717, 1.165) is 6.07 Å². The maximum absolute atomic E-state index is 12.9. The molecule has 0 amide bonds. The number of rotatable bonds is 1. The Kier molecular flexibility index (Phi) is 4.15. The lowest BCUT2D eigenvalue weighted by Crippen LogP contribution is -2.54. The maximum atomic E-state index is 12.9. The van der Waals surface area contributed by atoms with Gasteiger partial charge in [0.15, 0.2) is 0 Å². The largest absolute Gasteiger partial charge is 0.430 e. The number of halogens is 6. The van der Waals surface area contributed by atoms with Crippen molar-refractivity contribution in [1.29, 1.82) is 0 Å². The number of hydrogen-bond acceptors (Lipinski definition) is 1. The maximum Gasteiger partial charge on any atom is 0.430 e. The number of hydrogen-bond donors (Lipinski definition) is 1. The van der Waals surface area contributed by atoms with Crippen molar-refractivity contribution < 1.29 is 31.4 Å². The van der Waals surface area contributed by atoms with Crippen molar-refractivity contribution in [2.45, 2.75) is 51.1 Å². The first kappa shape index (κ1) is 17.8. The molecule has 1 aromatic carbocycles. The number of alkyl halides is 6. The van der Waals surface area contributed by atoms with Crippen molar-refractivity contribution in [3.63, 3.8) is 0 Å². The van der Waals surface area contributed by atoms with Gasteiger partial charge in [-0.05, 0) is 17.9 Å². The Morgan fingerprint density at radius 2 is 1.14 bits per heavy atom. The van der Waals surface area contributed by atoms with Gasteiger partial charge >= 0.3 is 12.4 Å². The lowest BCUT2D eigenvalue weighted by atomic mass is 9.81. The Morgan fingerprint density at radius 1 is 0.762 bits per heavy atom. The second kappa shape index (κ2) is 4.90. The Balaban J connectivity index is 3.66. The molecule has 0 spiro atoms. The molecule has 0 saturated carbocycles. The van der Waals surface area contributed by atoms with E-state index in [0.29, 0.717) is 6.07 Å². The molecule has 0 radical (unpaired) electrons. The average Bonchev–Trinajstić information content (AvgIpc) is 2.22. The van der Waals surface area contributed by atoms with Crippen LogP contribution in [0.4, 0.5) is 26.3 Å². The van der Waals surface area contributed by atoms with Gasteiger partial charge in [0.05, 0.1) is 0 Å². The minimum Gasteiger partial charge on any atom is -0.369 e. The third kappa shape index (κ3) is 3.17. The van der Waals surface area contributed by atoms with Crippen LogP contribution in [0.25, 0.3) is 0 Å². The molecule has 1 rings (SSSR count). The van der Waals surface area contributed by atoms with Gasteiger partial charge in [0, 0.05) is 5.56 Å². The van der Waals surface area contributed by atoms with Gasteiger partial charge in [0.25, 0.3) is 5.60 Å². The molecule has 0 saturated heterocycles. The van der Waals surface area contributed by atoms with Gasteiger partial charge in [-0.1, -0.05) is 44.5 Å². The van der Waals surface area contributed by atoms with E-state index in [2.05, 4.69) is 0 Å². The van der Waals surface area contributed by atoms with Crippen LogP contribution in [-0.2, 0) is 11.0 Å². The average molecular weight is 314 g/mol. The van der Waals surface area contributed by atoms with Crippen molar-refractivity contribution in [3.05, 3.63) is 34.9 Å². The molecule has 0 unspecified atom stereocenters. The van der Waals surface area contributed by atoms with E-state index >= 15 is 0 Å². The van der Waals surface area contributed by atoms with Crippen molar-refractivity contribution >= 4 is 0 Å². The van der Waals surface area contributed by atoms with Crippen LogP contribution in [0, 0.1) is 6.92 Å². The van der Waals surface area contributed by atoms with E-state index in [9.17, 15) is 31.4 Å². The first-order valence-corrected chi connectivity index (χ1v) is 6.09. The van der Waals surface area contributed by atoms with Gasteiger partial charge in [-0.15, -0.1) is 0 Å². The smallest absolute Gasteiger partial charge is 0.369 e. The van der Waals surface area contributed by atoms with Gasteiger partial charge in [-0.3, -0.25) is 0 Å². The van der Waals surface area contributed by atoms with Crippen molar-refractivity contribution in [2.24, 2.45) is 0 Å². The van der Waals surface area contributed by atoms with Gasteiger partial charge in [-0.2, -0.15) is 26.3 Å². The Labute approximate surface area is 118 Å². The minimum atomic E-state index is -5.87. The lowest BCUT2D eigenvalue weighted by Gasteiger charge is -2.34. The van der Waals surface area contributed by atoms with Crippen LogP contribution < -0.4 is 0 Å². The molecule has 0 aliphatic heterocycles. The fourth-order valence-electron chi connectivity index (χ4n) is 1.91. The second-order valence-corrected chi connectivity index (χ2v) is 6.04. The molecule has 1 aromatic rings. The summed E-state index contributed by atoms with van der Waals surface area (Å²) in [7, 11) is 0. The molecule has 0 heterocycles. The highest BCUT2D eigenvalue weighted by molar-refractivity contribution is 5.38. The molecule has 7 heteroatoms. The molecule has 0 atom stereocenters. The van der Waals surface area contributed by atoms with Gasteiger partial charge in [-0.25, -0.2) is 0 Å². The summed E-state index contributed by atoms with van der Waals surface area (Å²) in [6, 6.07) is 2.96. The number of benzene rings is 1. The Bertz CT molecular complexity index is 508. The summed E-state index contributed by atoms with van der Waals surface area (Å²) in [5.41, 5.74) is -6.26. The molecule has 21 heavy (non-hydrogen) atoms. The van der Waals surface area contributed by atoms with Crippen LogP contribution in [0.15, 0.2) is 18.2 Å². The summed E-state index contributed by atoms with van der Waals surface area (Å²) in [6.07, 6.45) is -11.7. The van der Waals surface area contributed by atoms with Gasteiger partial charge in [0.1, 0.15) is 0 Å². The molecule has 0 aliphatic carbocycles. The third-order valence-electron chi connectivity index (χ3n) is 3.18. The molecule has 0 aromatic heterocycles. The zero-order valence-corrected chi connectivity index (χ0v) is 11.9. The first-order valence-electron chi connectivity index (χ1n) is 6.09. The molecular formula is C14H16F6O. The highest BCUT2D eigenvalue weighted by Crippen LogP contribution is 2.50. The Morgan fingerprint density at radius 3 is 1.48 bits per heavy atom. The van der Waals surface area contributed by atoms with Crippen LogP contribution in [-0.4, -0.2) is 17.5 Å². The van der Waals surface area contributed by atoms with Crippen LogP contribution in [0.1, 0.15) is 37.5 Å². The fraction of sp³-hybridized carbons (Fsp3) is 0.571. The van der Waals surface area contributed by atoms with Crippen molar-refractivity contribution in [3.8, 4) is 0 Å². The van der Waals surface area contributed by atoms with Gasteiger partial charge in [0.2, 0.25) is 0 Å². The normalized spacial score (nSPS) is 14.4. The highest BCUT2D eigenvalue weighted by atomic mass is 19.4. The third-order valence-corrected chi connectivity index (χ3v) is 3.18. The van der Waals surface area contributed by atoms with E-state index in [1.807, 2.05) is 0 Å². The van der Waals surface area contributed by atoms with E-state index in [1.54, 1.807) is 20.8 Å². The summed E-state index contributed by atoms with van der Waals surface area (Å²) >= 11 is 0. The fourth-order valence-corrected chi connectivity index (χ4v) is 1.91. The highest BCUT2D eigenvalue weighted by Gasteiger charge is 2.71. The first-order chi connectivity index (χ1) is 9.10. The molecule has 1 N–H and O–H groups in total. The topological polar surface area (TPSA) is 20.2 Å². The minimum absolute atomic E-state index is 0.212. The Hall–Kier alpha value is -1.24. The summed E-state index contributed by atoms with van der Waals surface area (Å²) < 4.78 is 77.3. The molecular weight excluding hydrogens is 298 g/mol. The van der Waals surface area contributed by atoms with Crippen LogP contribution in [0.5, 0.6) is 0 Å². The number of aryl methyl sites for hydroxylation is 1. The van der Waals surface area contributed by atoms with Crippen LogP contribution in [0.2, 0.25) is 0 Å². The van der Waals surface area contributed by atoms with Crippen molar-refractivity contribution in [1.82, 2.24) is 0 Å². The standard InChI is InChI=1S/C14H16F6O/c1-8-5-9(11(2,3)4)7-10(6-8)12(21,13(15,16)17)14(18,19)20/h5-7,21H,1-4H3. The zero-order chi connectivity index (χ0) is 16.9. The van der Waals surface area contributed by atoms with Crippen LogP contribution >= 0.6 is 0 Å². The zero-order valence-electron chi connectivity index (χ0n) is 11.9. The molecule has 0 bridgehead atoms. The predicted molar refractivity (Wildman–Crippen MR) is 65.9 cm³/mol. The SMILES string of the molecule is Cc1cc(C(C)(C)C)cc(C(O)(C(F)(F)F)C(F)(F)F)c1. The van der Waals surface area contributed by atoms with Gasteiger partial charge < -0.3 is 5.11 Å². The quantitative estimate of drug-likeness (QED) is 0.751. The molecule has 120 valence electrons. The van der Waals surface area contributed by atoms with Crippen LogP contribution in [0.3, 0.4) is 0 Å². The van der Waals surface area contributed by atoms with E-state index in [4.69, 9.17) is 0 Å². The van der Waals surface area contributed by atoms with E-state index in [-0.39, 0.29) is 11.1 Å². The molecule has 0 aliphatic rings. The van der Waals surface area contributed by atoms with E-state index < -0.39 is 28.9 Å². The lowest BCUT2D eigenvalue weighted by molar-refractivity contribution is -0.376. The summed E-state index contributed by atoms with van der Waals surface area (Å²) in [6.45, 7) is 6.36. The van der Waals surface area contributed by atoms with Crippen molar-refractivity contribution in [2.75, 3.05) is 0 Å². The second-order valence-electron chi connectivity index (χ2n) is 6.04. The molecule has 1 nitrogen and oxygen atoms in total. The predicted octanol–water partition coefficient (Wildman–Crippen LogP) is 4.60.